The first-order valence-corrected chi connectivity index (χ1v) is 8.00. The Hall–Kier alpha value is -0.160. The second kappa shape index (κ2) is 5.45. The molecular weight excluding hydrogens is 266 g/mol. The van der Waals surface area contributed by atoms with Crippen molar-refractivity contribution in [1.82, 2.24) is 15.2 Å². The summed E-state index contributed by atoms with van der Waals surface area (Å²) in [5.74, 6) is 0.673. The molecule has 1 N–H and O–H groups in total. The van der Waals surface area contributed by atoms with Gasteiger partial charge in [0.1, 0.15) is 9.34 Å². The molecule has 5 heteroatoms. The maximum absolute atomic E-state index is 6.07. The van der Waals surface area contributed by atoms with Crippen molar-refractivity contribution in [1.29, 1.82) is 0 Å². The maximum atomic E-state index is 6.07. The number of halogens is 1. The highest BCUT2D eigenvalue weighted by Gasteiger charge is 2.41. The summed E-state index contributed by atoms with van der Waals surface area (Å²) in [6.07, 6.45) is 7.14. The minimum atomic E-state index is 0.483. The van der Waals surface area contributed by atoms with Crippen LogP contribution in [0, 0.1) is 5.92 Å². The highest BCUT2D eigenvalue weighted by atomic mass is 35.5. The number of nitrogens with zero attached hydrogens (tertiary/aromatic N) is 2. The lowest BCUT2D eigenvalue weighted by Crippen LogP contribution is -2.43. The van der Waals surface area contributed by atoms with Crippen LogP contribution in [0.4, 0.5) is 0 Å². The van der Waals surface area contributed by atoms with Gasteiger partial charge in [-0.3, -0.25) is 4.90 Å². The summed E-state index contributed by atoms with van der Waals surface area (Å²) in [6, 6.07) is 1.29. The molecule has 3 rings (SSSR count). The van der Waals surface area contributed by atoms with E-state index in [2.05, 4.69) is 15.2 Å². The van der Waals surface area contributed by atoms with Crippen LogP contribution in [0.2, 0.25) is 4.34 Å². The molecule has 1 aliphatic heterocycles. The molecule has 1 aromatic heterocycles. The molecule has 2 unspecified atom stereocenters. The Bertz CT molecular complexity index is 403. The van der Waals surface area contributed by atoms with Crippen LogP contribution >= 0.6 is 22.9 Å². The van der Waals surface area contributed by atoms with Gasteiger partial charge in [-0.05, 0) is 51.7 Å². The number of thiazole rings is 1. The van der Waals surface area contributed by atoms with E-state index in [9.17, 15) is 0 Å². The van der Waals surface area contributed by atoms with Crippen molar-refractivity contribution in [3.05, 3.63) is 15.5 Å². The smallest absolute Gasteiger partial charge is 0.113 e. The third-order valence-corrected chi connectivity index (χ3v) is 5.21. The van der Waals surface area contributed by atoms with Gasteiger partial charge in [0.2, 0.25) is 0 Å². The standard InChI is InChI=1S/C13H20ClN3S/c1-15-7-9-3-2-6-17(10-4-5-10)12(9)13-16-8-11(14)18-13/h8-10,12,15H,2-7H2,1H3. The number of hydrogen-bond donors (Lipinski definition) is 1. The first-order chi connectivity index (χ1) is 8.79. The topological polar surface area (TPSA) is 28.2 Å². The fourth-order valence-corrected chi connectivity index (χ4v) is 4.29. The lowest BCUT2D eigenvalue weighted by molar-refractivity contribution is 0.0843. The molecule has 0 spiro atoms. The molecule has 2 fully saturated rings. The van der Waals surface area contributed by atoms with Crippen LogP contribution in [0.1, 0.15) is 36.7 Å². The average molecular weight is 286 g/mol. The van der Waals surface area contributed by atoms with Crippen LogP contribution in [-0.2, 0) is 0 Å². The number of rotatable bonds is 4. The Kier molecular flexibility index (Phi) is 3.89. The number of aromatic nitrogens is 1. The first kappa shape index (κ1) is 12.9. The summed E-state index contributed by atoms with van der Waals surface area (Å²) in [6.45, 7) is 2.30. The van der Waals surface area contributed by atoms with E-state index in [1.165, 1.54) is 37.2 Å². The fourth-order valence-electron chi connectivity index (χ4n) is 3.14. The van der Waals surface area contributed by atoms with E-state index >= 15 is 0 Å². The van der Waals surface area contributed by atoms with E-state index in [0.717, 1.165) is 16.9 Å². The van der Waals surface area contributed by atoms with Gasteiger partial charge in [-0.2, -0.15) is 0 Å². The molecule has 18 heavy (non-hydrogen) atoms. The molecule has 0 amide bonds. The summed E-state index contributed by atoms with van der Waals surface area (Å²) in [5, 5.41) is 4.56. The monoisotopic (exact) mass is 285 g/mol. The minimum absolute atomic E-state index is 0.483. The molecule has 2 heterocycles. The van der Waals surface area contributed by atoms with Crippen LogP contribution in [-0.4, -0.2) is 36.1 Å². The number of hydrogen-bond acceptors (Lipinski definition) is 4. The molecule has 1 saturated heterocycles. The molecule has 2 atom stereocenters. The van der Waals surface area contributed by atoms with E-state index in [4.69, 9.17) is 11.6 Å². The van der Waals surface area contributed by atoms with Gasteiger partial charge in [-0.1, -0.05) is 11.6 Å². The summed E-state index contributed by atoms with van der Waals surface area (Å²) >= 11 is 7.73. The number of likely N-dealkylation sites (tertiary alicyclic amines) is 1. The van der Waals surface area contributed by atoms with Gasteiger partial charge >= 0.3 is 0 Å². The van der Waals surface area contributed by atoms with Crippen LogP contribution in [0.25, 0.3) is 0 Å². The predicted molar refractivity (Wildman–Crippen MR) is 76.2 cm³/mol. The van der Waals surface area contributed by atoms with E-state index in [-0.39, 0.29) is 0 Å². The molecule has 100 valence electrons. The molecule has 2 aliphatic rings. The molecule has 0 radical (unpaired) electrons. The summed E-state index contributed by atoms with van der Waals surface area (Å²) in [7, 11) is 2.04. The Labute approximate surface area is 118 Å². The zero-order chi connectivity index (χ0) is 12.5. The molecule has 0 aromatic carbocycles. The fraction of sp³-hybridized carbons (Fsp3) is 0.769. The van der Waals surface area contributed by atoms with Crippen molar-refractivity contribution in [3.8, 4) is 0 Å². The quantitative estimate of drug-likeness (QED) is 0.922. The number of piperidine rings is 1. The lowest BCUT2D eigenvalue weighted by atomic mass is 9.89. The normalized spacial score (nSPS) is 29.7. The first-order valence-electron chi connectivity index (χ1n) is 6.81. The van der Waals surface area contributed by atoms with E-state index in [1.807, 2.05) is 7.05 Å². The SMILES string of the molecule is CNCC1CCCN(C2CC2)C1c1ncc(Cl)s1. The van der Waals surface area contributed by atoms with Gasteiger partial charge in [0, 0.05) is 6.04 Å². The Morgan fingerprint density at radius 3 is 2.94 bits per heavy atom. The second-order valence-electron chi connectivity index (χ2n) is 5.38. The predicted octanol–water partition coefficient (Wildman–Crippen LogP) is 2.93. The zero-order valence-corrected chi connectivity index (χ0v) is 12.3. The van der Waals surface area contributed by atoms with Gasteiger partial charge < -0.3 is 5.32 Å². The summed E-state index contributed by atoms with van der Waals surface area (Å²) in [5.41, 5.74) is 0. The maximum Gasteiger partial charge on any atom is 0.113 e. The highest BCUT2D eigenvalue weighted by molar-refractivity contribution is 7.15. The van der Waals surface area contributed by atoms with Gasteiger partial charge in [0.25, 0.3) is 0 Å². The minimum Gasteiger partial charge on any atom is -0.319 e. The Morgan fingerprint density at radius 2 is 2.33 bits per heavy atom. The van der Waals surface area contributed by atoms with Crippen molar-refractivity contribution in [3.63, 3.8) is 0 Å². The van der Waals surface area contributed by atoms with Gasteiger partial charge in [0.15, 0.2) is 0 Å². The Morgan fingerprint density at radius 1 is 1.50 bits per heavy atom. The van der Waals surface area contributed by atoms with Gasteiger partial charge in [-0.25, -0.2) is 4.98 Å². The van der Waals surface area contributed by atoms with Crippen LogP contribution in [0.15, 0.2) is 6.20 Å². The zero-order valence-electron chi connectivity index (χ0n) is 10.7. The molecule has 1 saturated carbocycles. The molecule has 3 nitrogen and oxygen atoms in total. The van der Waals surface area contributed by atoms with Crippen molar-refractivity contribution in [2.24, 2.45) is 5.92 Å². The third kappa shape index (κ3) is 2.57. The van der Waals surface area contributed by atoms with Crippen molar-refractivity contribution in [2.45, 2.75) is 37.8 Å². The lowest BCUT2D eigenvalue weighted by Gasteiger charge is -2.40. The van der Waals surface area contributed by atoms with E-state index in [0.29, 0.717) is 12.0 Å². The van der Waals surface area contributed by atoms with Crippen molar-refractivity contribution in [2.75, 3.05) is 20.1 Å². The van der Waals surface area contributed by atoms with Gasteiger partial charge in [-0.15, -0.1) is 11.3 Å². The van der Waals surface area contributed by atoms with E-state index < -0.39 is 0 Å². The van der Waals surface area contributed by atoms with Crippen LogP contribution < -0.4 is 5.32 Å². The summed E-state index contributed by atoms with van der Waals surface area (Å²) in [4.78, 5) is 7.23. The van der Waals surface area contributed by atoms with Crippen LogP contribution in [0.5, 0.6) is 0 Å². The highest BCUT2D eigenvalue weighted by Crippen LogP contribution is 2.44. The summed E-state index contributed by atoms with van der Waals surface area (Å²) < 4.78 is 0.814. The van der Waals surface area contributed by atoms with Crippen molar-refractivity contribution < 1.29 is 0 Å². The Balaban J connectivity index is 1.85. The molecule has 0 bridgehead atoms. The molecule has 1 aromatic rings. The molecule has 1 aliphatic carbocycles. The van der Waals surface area contributed by atoms with Gasteiger partial charge in [0.05, 0.1) is 12.2 Å². The largest absolute Gasteiger partial charge is 0.319 e. The molecular formula is C13H20ClN3S. The number of nitrogens with one attached hydrogen (secondary N) is 1. The van der Waals surface area contributed by atoms with E-state index in [1.54, 1.807) is 17.5 Å². The average Bonchev–Trinajstić information content (AvgIpc) is 3.12. The van der Waals surface area contributed by atoms with Crippen LogP contribution in [0.3, 0.4) is 0 Å². The van der Waals surface area contributed by atoms with Crippen molar-refractivity contribution >= 4 is 22.9 Å². The second-order valence-corrected chi connectivity index (χ2v) is 7.07. The third-order valence-electron chi connectivity index (χ3n) is 4.03.